The van der Waals surface area contributed by atoms with Crippen LogP contribution in [-0.4, -0.2) is 26.5 Å². The van der Waals surface area contributed by atoms with E-state index in [1.807, 2.05) is 13.2 Å². The van der Waals surface area contributed by atoms with Gasteiger partial charge in [-0.25, -0.2) is 13.1 Å². The number of nitrogens with one attached hydrogen (secondary N) is 1. The minimum atomic E-state index is -3.42. The number of benzene rings is 1. The second kappa shape index (κ2) is 6.28. The van der Waals surface area contributed by atoms with Gasteiger partial charge in [-0.05, 0) is 49.6 Å². The standard InChI is InChI=1S/C11H18N2O2S2/c1-9(7-8-16-2)13-17(14,15)11-5-3-10(12)4-6-11/h3-6,9,13H,7-8,12H2,1-2H3. The maximum Gasteiger partial charge on any atom is 0.240 e. The monoisotopic (exact) mass is 274 g/mol. The van der Waals surface area contributed by atoms with Gasteiger partial charge < -0.3 is 5.73 Å². The number of hydrogen-bond acceptors (Lipinski definition) is 4. The van der Waals surface area contributed by atoms with E-state index in [4.69, 9.17) is 5.73 Å². The number of nitrogens with two attached hydrogens (primary N) is 1. The Hall–Kier alpha value is -0.720. The van der Waals surface area contributed by atoms with Crippen LogP contribution in [0, 0.1) is 0 Å². The lowest BCUT2D eigenvalue weighted by atomic mass is 10.3. The fourth-order valence-corrected chi connectivity index (χ4v) is 3.20. The average molecular weight is 274 g/mol. The van der Waals surface area contributed by atoms with E-state index in [1.165, 1.54) is 12.1 Å². The van der Waals surface area contributed by atoms with Gasteiger partial charge in [0.05, 0.1) is 4.90 Å². The zero-order valence-electron chi connectivity index (χ0n) is 10.0. The molecule has 0 bridgehead atoms. The van der Waals surface area contributed by atoms with Crippen molar-refractivity contribution in [1.29, 1.82) is 0 Å². The van der Waals surface area contributed by atoms with Gasteiger partial charge in [-0.15, -0.1) is 0 Å². The second-order valence-electron chi connectivity index (χ2n) is 3.87. The predicted molar refractivity (Wildman–Crippen MR) is 73.6 cm³/mol. The van der Waals surface area contributed by atoms with E-state index >= 15 is 0 Å². The number of hydrogen-bond donors (Lipinski definition) is 2. The quantitative estimate of drug-likeness (QED) is 0.774. The summed E-state index contributed by atoms with van der Waals surface area (Å²) >= 11 is 1.70. The van der Waals surface area contributed by atoms with Crippen LogP contribution in [0.15, 0.2) is 29.2 Å². The van der Waals surface area contributed by atoms with E-state index < -0.39 is 10.0 Å². The molecule has 0 radical (unpaired) electrons. The lowest BCUT2D eigenvalue weighted by Crippen LogP contribution is -2.32. The van der Waals surface area contributed by atoms with Crippen LogP contribution >= 0.6 is 11.8 Å². The van der Waals surface area contributed by atoms with Crippen molar-refractivity contribution in [3.8, 4) is 0 Å². The Labute approximate surface area is 107 Å². The molecule has 0 aromatic heterocycles. The summed E-state index contributed by atoms with van der Waals surface area (Å²) in [4.78, 5) is 0.253. The summed E-state index contributed by atoms with van der Waals surface area (Å²) < 4.78 is 26.6. The molecule has 1 unspecified atom stereocenters. The molecular formula is C11H18N2O2S2. The van der Waals surface area contributed by atoms with Gasteiger partial charge in [0.2, 0.25) is 10.0 Å². The van der Waals surface area contributed by atoms with Crippen molar-refractivity contribution in [2.75, 3.05) is 17.7 Å². The molecule has 3 N–H and O–H groups in total. The molecule has 0 heterocycles. The fraction of sp³-hybridized carbons (Fsp3) is 0.455. The normalized spacial score (nSPS) is 13.5. The largest absolute Gasteiger partial charge is 0.399 e. The maximum absolute atomic E-state index is 12.0. The van der Waals surface area contributed by atoms with Gasteiger partial charge in [-0.2, -0.15) is 11.8 Å². The molecule has 17 heavy (non-hydrogen) atoms. The summed E-state index contributed by atoms with van der Waals surface area (Å²) in [6, 6.07) is 6.13. The van der Waals surface area contributed by atoms with Crippen LogP contribution in [-0.2, 0) is 10.0 Å². The lowest BCUT2D eigenvalue weighted by molar-refractivity contribution is 0.557. The molecule has 0 aliphatic carbocycles. The highest BCUT2D eigenvalue weighted by atomic mass is 32.2. The van der Waals surface area contributed by atoms with Crippen molar-refractivity contribution < 1.29 is 8.42 Å². The van der Waals surface area contributed by atoms with E-state index in [0.29, 0.717) is 5.69 Å². The Balaban J connectivity index is 2.71. The second-order valence-corrected chi connectivity index (χ2v) is 6.57. The molecule has 0 spiro atoms. The summed E-state index contributed by atoms with van der Waals surface area (Å²) in [7, 11) is -3.42. The van der Waals surface area contributed by atoms with Crippen molar-refractivity contribution in [3.63, 3.8) is 0 Å². The molecule has 0 saturated heterocycles. The number of thioether (sulfide) groups is 1. The lowest BCUT2D eigenvalue weighted by Gasteiger charge is -2.13. The number of sulfonamides is 1. The fourth-order valence-electron chi connectivity index (χ4n) is 1.33. The first kappa shape index (κ1) is 14.3. The molecule has 0 aliphatic heterocycles. The first-order chi connectivity index (χ1) is 7.95. The van der Waals surface area contributed by atoms with Crippen molar-refractivity contribution in [3.05, 3.63) is 24.3 Å². The topological polar surface area (TPSA) is 72.2 Å². The minimum absolute atomic E-state index is 0.0648. The van der Waals surface area contributed by atoms with Gasteiger partial charge in [0.1, 0.15) is 0 Å². The summed E-state index contributed by atoms with van der Waals surface area (Å²) in [6.07, 6.45) is 2.82. The van der Waals surface area contributed by atoms with Gasteiger partial charge in [-0.3, -0.25) is 0 Å². The highest BCUT2D eigenvalue weighted by molar-refractivity contribution is 7.98. The van der Waals surface area contributed by atoms with Crippen molar-refractivity contribution in [1.82, 2.24) is 4.72 Å². The molecular weight excluding hydrogens is 256 g/mol. The molecule has 0 saturated carbocycles. The van der Waals surface area contributed by atoms with E-state index in [1.54, 1.807) is 23.9 Å². The van der Waals surface area contributed by atoms with Gasteiger partial charge in [0.15, 0.2) is 0 Å². The van der Waals surface area contributed by atoms with E-state index in [0.717, 1.165) is 12.2 Å². The van der Waals surface area contributed by atoms with Crippen molar-refractivity contribution >= 4 is 27.5 Å². The molecule has 1 aromatic carbocycles. The van der Waals surface area contributed by atoms with Gasteiger partial charge in [0, 0.05) is 11.7 Å². The molecule has 0 fully saturated rings. The van der Waals surface area contributed by atoms with Crippen LogP contribution in [0.3, 0.4) is 0 Å². The summed E-state index contributed by atoms with van der Waals surface area (Å²) in [5.74, 6) is 0.936. The minimum Gasteiger partial charge on any atom is -0.399 e. The molecule has 6 heteroatoms. The molecule has 4 nitrogen and oxygen atoms in total. The highest BCUT2D eigenvalue weighted by Crippen LogP contribution is 2.12. The first-order valence-corrected chi connectivity index (χ1v) is 8.20. The molecule has 1 atom stereocenters. The molecule has 0 amide bonds. The zero-order chi connectivity index (χ0) is 12.9. The van der Waals surface area contributed by atoms with E-state index in [-0.39, 0.29) is 10.9 Å². The van der Waals surface area contributed by atoms with Gasteiger partial charge in [0.25, 0.3) is 0 Å². The van der Waals surface area contributed by atoms with Crippen LogP contribution in [0.5, 0.6) is 0 Å². The average Bonchev–Trinajstić information content (AvgIpc) is 2.26. The van der Waals surface area contributed by atoms with Crippen LogP contribution in [0.4, 0.5) is 5.69 Å². The summed E-state index contributed by atoms with van der Waals surface area (Å²) in [5, 5.41) is 0. The summed E-state index contributed by atoms with van der Waals surface area (Å²) in [5.41, 5.74) is 6.07. The predicted octanol–water partition coefficient (Wildman–Crippen LogP) is 1.69. The van der Waals surface area contributed by atoms with Crippen molar-refractivity contribution in [2.24, 2.45) is 0 Å². The van der Waals surface area contributed by atoms with Crippen molar-refractivity contribution in [2.45, 2.75) is 24.3 Å². The summed E-state index contributed by atoms with van der Waals surface area (Å²) in [6.45, 7) is 1.87. The maximum atomic E-state index is 12.0. The third-order valence-electron chi connectivity index (χ3n) is 2.30. The third-order valence-corrected chi connectivity index (χ3v) is 4.55. The van der Waals surface area contributed by atoms with Gasteiger partial charge in [-0.1, -0.05) is 0 Å². The van der Waals surface area contributed by atoms with Gasteiger partial charge >= 0.3 is 0 Å². The Kier molecular flexibility index (Phi) is 5.30. The number of anilines is 1. The number of nitrogen functional groups attached to an aromatic ring is 1. The van der Waals surface area contributed by atoms with Crippen LogP contribution < -0.4 is 10.5 Å². The smallest absolute Gasteiger partial charge is 0.240 e. The van der Waals surface area contributed by atoms with Crippen LogP contribution in [0.25, 0.3) is 0 Å². The Bertz CT molecular complexity index is 443. The third kappa shape index (κ3) is 4.57. The Morgan fingerprint density at radius 3 is 2.47 bits per heavy atom. The molecule has 0 aliphatic rings. The SMILES string of the molecule is CSCCC(C)NS(=O)(=O)c1ccc(N)cc1. The number of rotatable bonds is 6. The van der Waals surface area contributed by atoms with Crippen LogP contribution in [0.2, 0.25) is 0 Å². The molecule has 1 rings (SSSR count). The Morgan fingerprint density at radius 1 is 1.35 bits per heavy atom. The highest BCUT2D eigenvalue weighted by Gasteiger charge is 2.16. The van der Waals surface area contributed by atoms with E-state index in [2.05, 4.69) is 4.72 Å². The zero-order valence-corrected chi connectivity index (χ0v) is 11.6. The first-order valence-electron chi connectivity index (χ1n) is 5.32. The molecule has 96 valence electrons. The Morgan fingerprint density at radius 2 is 1.94 bits per heavy atom. The van der Waals surface area contributed by atoms with E-state index in [9.17, 15) is 8.42 Å². The molecule has 1 aromatic rings. The van der Waals surface area contributed by atoms with Crippen LogP contribution in [0.1, 0.15) is 13.3 Å².